The van der Waals surface area contributed by atoms with E-state index in [1.165, 1.54) is 0 Å². The SMILES string of the molecule is CC(C)CNCC(C)NCc1cc(F)c(Cl)cc1F. The first-order chi connectivity index (χ1) is 8.90. The van der Waals surface area contributed by atoms with Crippen LogP contribution in [-0.4, -0.2) is 19.1 Å². The molecule has 1 rings (SSSR count). The van der Waals surface area contributed by atoms with Crippen LogP contribution in [0.5, 0.6) is 0 Å². The van der Waals surface area contributed by atoms with Crippen molar-refractivity contribution in [3.63, 3.8) is 0 Å². The van der Waals surface area contributed by atoms with Crippen LogP contribution >= 0.6 is 11.6 Å². The van der Waals surface area contributed by atoms with E-state index < -0.39 is 11.6 Å². The lowest BCUT2D eigenvalue weighted by atomic mass is 10.2. The first-order valence-electron chi connectivity index (χ1n) is 6.47. The summed E-state index contributed by atoms with van der Waals surface area (Å²) >= 11 is 5.50. The fourth-order valence-corrected chi connectivity index (χ4v) is 1.79. The van der Waals surface area contributed by atoms with Gasteiger partial charge in [-0.1, -0.05) is 25.4 Å². The molecule has 0 bridgehead atoms. The largest absolute Gasteiger partial charge is 0.315 e. The first kappa shape index (κ1) is 16.3. The lowest BCUT2D eigenvalue weighted by Crippen LogP contribution is -2.37. The summed E-state index contributed by atoms with van der Waals surface area (Å²) < 4.78 is 26.8. The Kier molecular flexibility index (Phi) is 6.69. The Morgan fingerprint density at radius 1 is 1.11 bits per heavy atom. The summed E-state index contributed by atoms with van der Waals surface area (Å²) in [6, 6.07) is 2.33. The Hall–Kier alpha value is -0.710. The number of hydrogen-bond donors (Lipinski definition) is 2. The smallest absolute Gasteiger partial charge is 0.142 e. The molecular weight excluding hydrogens is 270 g/mol. The average molecular weight is 291 g/mol. The van der Waals surface area contributed by atoms with Crippen molar-refractivity contribution in [2.75, 3.05) is 13.1 Å². The minimum atomic E-state index is -0.592. The number of benzene rings is 1. The van der Waals surface area contributed by atoms with Crippen molar-refractivity contribution in [1.82, 2.24) is 10.6 Å². The zero-order valence-electron chi connectivity index (χ0n) is 11.6. The van der Waals surface area contributed by atoms with Gasteiger partial charge in [-0.3, -0.25) is 0 Å². The second-order valence-electron chi connectivity index (χ2n) is 5.19. The van der Waals surface area contributed by atoms with E-state index in [0.29, 0.717) is 5.92 Å². The van der Waals surface area contributed by atoms with Gasteiger partial charge in [0, 0.05) is 24.7 Å². The third-order valence-corrected chi connectivity index (χ3v) is 3.02. The van der Waals surface area contributed by atoms with Gasteiger partial charge >= 0.3 is 0 Å². The Morgan fingerprint density at radius 2 is 1.79 bits per heavy atom. The highest BCUT2D eigenvalue weighted by Crippen LogP contribution is 2.19. The van der Waals surface area contributed by atoms with Gasteiger partial charge in [0.2, 0.25) is 0 Å². The van der Waals surface area contributed by atoms with E-state index in [1.807, 2.05) is 6.92 Å². The van der Waals surface area contributed by atoms with Gasteiger partial charge in [-0.05, 0) is 31.5 Å². The van der Waals surface area contributed by atoms with E-state index in [9.17, 15) is 8.78 Å². The van der Waals surface area contributed by atoms with E-state index in [1.54, 1.807) is 0 Å². The third-order valence-electron chi connectivity index (χ3n) is 2.73. The van der Waals surface area contributed by atoms with Crippen LogP contribution in [0.2, 0.25) is 5.02 Å². The van der Waals surface area contributed by atoms with E-state index in [2.05, 4.69) is 24.5 Å². The maximum absolute atomic E-state index is 13.5. The summed E-state index contributed by atoms with van der Waals surface area (Å²) in [4.78, 5) is 0. The normalized spacial score (nSPS) is 13.0. The standard InChI is InChI=1S/C14H21ClF2N2/c1-9(2)6-18-7-10(3)19-8-11-4-14(17)12(15)5-13(11)16/h4-5,9-10,18-19H,6-8H2,1-3H3. The van der Waals surface area contributed by atoms with Crippen LogP contribution in [0.15, 0.2) is 12.1 Å². The van der Waals surface area contributed by atoms with E-state index in [0.717, 1.165) is 25.2 Å². The molecule has 0 heterocycles. The van der Waals surface area contributed by atoms with Crippen LogP contribution in [0.3, 0.4) is 0 Å². The molecule has 1 aromatic carbocycles. The molecule has 0 aliphatic rings. The van der Waals surface area contributed by atoms with Crippen LogP contribution in [0.1, 0.15) is 26.3 Å². The molecule has 0 saturated carbocycles. The molecule has 0 fully saturated rings. The van der Waals surface area contributed by atoms with Crippen molar-refractivity contribution >= 4 is 11.6 Å². The number of hydrogen-bond acceptors (Lipinski definition) is 2. The molecule has 2 nitrogen and oxygen atoms in total. The fraction of sp³-hybridized carbons (Fsp3) is 0.571. The summed E-state index contributed by atoms with van der Waals surface area (Å²) in [5, 5.41) is 6.27. The van der Waals surface area contributed by atoms with Crippen molar-refractivity contribution in [1.29, 1.82) is 0 Å². The van der Waals surface area contributed by atoms with Crippen molar-refractivity contribution < 1.29 is 8.78 Å². The topological polar surface area (TPSA) is 24.1 Å². The molecule has 108 valence electrons. The zero-order valence-corrected chi connectivity index (χ0v) is 12.3. The molecule has 0 aliphatic carbocycles. The van der Waals surface area contributed by atoms with E-state index in [4.69, 9.17) is 11.6 Å². The van der Waals surface area contributed by atoms with E-state index >= 15 is 0 Å². The maximum Gasteiger partial charge on any atom is 0.142 e. The van der Waals surface area contributed by atoms with Gasteiger partial charge in [0.15, 0.2) is 0 Å². The highest BCUT2D eigenvalue weighted by atomic mass is 35.5. The second-order valence-corrected chi connectivity index (χ2v) is 5.60. The van der Waals surface area contributed by atoms with Gasteiger partial charge in [0.05, 0.1) is 5.02 Å². The van der Waals surface area contributed by atoms with Crippen LogP contribution in [0, 0.1) is 17.6 Å². The monoisotopic (exact) mass is 290 g/mol. The van der Waals surface area contributed by atoms with Crippen molar-refractivity contribution in [3.05, 3.63) is 34.4 Å². The second kappa shape index (κ2) is 7.78. The Labute approximate surface area is 118 Å². The molecule has 0 aromatic heterocycles. The predicted molar refractivity (Wildman–Crippen MR) is 75.4 cm³/mol. The summed E-state index contributed by atoms with van der Waals surface area (Å²) in [6.07, 6.45) is 0. The Balaban J connectivity index is 2.42. The van der Waals surface area contributed by atoms with Crippen LogP contribution in [-0.2, 0) is 6.54 Å². The summed E-state index contributed by atoms with van der Waals surface area (Å²) in [7, 11) is 0. The van der Waals surface area contributed by atoms with Gasteiger partial charge in [-0.2, -0.15) is 0 Å². The van der Waals surface area contributed by atoms with Gasteiger partial charge in [-0.25, -0.2) is 8.78 Å². The molecule has 1 unspecified atom stereocenters. The molecule has 5 heteroatoms. The quantitative estimate of drug-likeness (QED) is 0.753. The fourth-order valence-electron chi connectivity index (χ4n) is 1.64. The van der Waals surface area contributed by atoms with Crippen molar-refractivity contribution in [3.8, 4) is 0 Å². The molecule has 0 radical (unpaired) electrons. The van der Waals surface area contributed by atoms with Crippen molar-refractivity contribution in [2.45, 2.75) is 33.4 Å². The molecule has 0 amide bonds. The van der Waals surface area contributed by atoms with Crippen molar-refractivity contribution in [2.24, 2.45) is 5.92 Å². The molecule has 0 aliphatic heterocycles. The Morgan fingerprint density at radius 3 is 2.42 bits per heavy atom. The average Bonchev–Trinajstić information content (AvgIpc) is 2.31. The Bertz CT molecular complexity index is 411. The van der Waals surface area contributed by atoms with Gasteiger partial charge < -0.3 is 10.6 Å². The molecule has 2 N–H and O–H groups in total. The number of rotatable bonds is 7. The molecule has 1 atom stereocenters. The lowest BCUT2D eigenvalue weighted by molar-refractivity contribution is 0.466. The highest BCUT2D eigenvalue weighted by Gasteiger charge is 2.09. The number of halogens is 3. The van der Waals surface area contributed by atoms with Crippen LogP contribution < -0.4 is 10.6 Å². The zero-order chi connectivity index (χ0) is 14.4. The predicted octanol–water partition coefficient (Wildman–Crippen LogP) is 3.34. The molecule has 0 spiro atoms. The highest BCUT2D eigenvalue weighted by molar-refractivity contribution is 6.30. The molecule has 1 aromatic rings. The van der Waals surface area contributed by atoms with Crippen LogP contribution in [0.4, 0.5) is 8.78 Å². The third kappa shape index (κ3) is 5.85. The minimum Gasteiger partial charge on any atom is -0.315 e. The lowest BCUT2D eigenvalue weighted by Gasteiger charge is -2.16. The van der Waals surface area contributed by atoms with Gasteiger partial charge in [-0.15, -0.1) is 0 Å². The minimum absolute atomic E-state index is 0.178. The molecule has 0 saturated heterocycles. The summed E-state index contributed by atoms with van der Waals surface area (Å²) in [6.45, 7) is 8.28. The number of nitrogens with one attached hydrogen (secondary N) is 2. The summed E-state index contributed by atoms with van der Waals surface area (Å²) in [5.41, 5.74) is 0.289. The summed E-state index contributed by atoms with van der Waals surface area (Å²) in [5.74, 6) is -0.485. The van der Waals surface area contributed by atoms with E-state index in [-0.39, 0.29) is 23.2 Å². The van der Waals surface area contributed by atoms with Gasteiger partial charge in [0.1, 0.15) is 11.6 Å². The first-order valence-corrected chi connectivity index (χ1v) is 6.85. The molecular formula is C14H21ClF2N2. The van der Waals surface area contributed by atoms with Crippen LogP contribution in [0.25, 0.3) is 0 Å². The molecule has 19 heavy (non-hydrogen) atoms. The maximum atomic E-state index is 13.5. The van der Waals surface area contributed by atoms with Gasteiger partial charge in [0.25, 0.3) is 0 Å².